The second kappa shape index (κ2) is 5.45. The fourth-order valence-corrected chi connectivity index (χ4v) is 2.67. The van der Waals surface area contributed by atoms with Gasteiger partial charge in [0, 0.05) is 12.1 Å². The van der Waals surface area contributed by atoms with Crippen LogP contribution in [0.25, 0.3) is 34.1 Å². The van der Waals surface area contributed by atoms with E-state index in [-0.39, 0.29) is 5.56 Å². The second-order valence-corrected chi connectivity index (χ2v) is 5.35. The largest absolute Gasteiger partial charge is 0.459 e. The normalized spacial score (nSPS) is 11.2. The minimum Gasteiger partial charge on any atom is -0.459 e. The van der Waals surface area contributed by atoms with Crippen molar-refractivity contribution in [1.29, 1.82) is 0 Å². The van der Waals surface area contributed by atoms with E-state index in [0.29, 0.717) is 29.7 Å². The van der Waals surface area contributed by atoms with Gasteiger partial charge in [0.15, 0.2) is 5.76 Å². The highest BCUT2D eigenvalue weighted by molar-refractivity contribution is 5.80. The van der Waals surface area contributed by atoms with Crippen LogP contribution in [-0.2, 0) is 6.54 Å². The molecule has 0 bridgehead atoms. The Kier molecular flexibility index (Phi) is 3.26. The molecule has 0 fully saturated rings. The third kappa shape index (κ3) is 2.21. The van der Waals surface area contributed by atoms with Crippen molar-refractivity contribution in [2.24, 2.45) is 0 Å². The van der Waals surface area contributed by atoms with Crippen LogP contribution in [0.3, 0.4) is 0 Å². The SMILES string of the molecule is CCn1c(=O)c(C)nc2cc(-c3noc(-c4ccco4)n3)ccc21. The van der Waals surface area contributed by atoms with Crippen LogP contribution in [0.15, 0.2) is 50.3 Å². The molecule has 7 heteroatoms. The summed E-state index contributed by atoms with van der Waals surface area (Å²) in [4.78, 5) is 20.9. The van der Waals surface area contributed by atoms with Gasteiger partial charge in [-0.1, -0.05) is 5.16 Å². The number of furan rings is 1. The van der Waals surface area contributed by atoms with Gasteiger partial charge in [0.2, 0.25) is 5.82 Å². The molecule has 0 saturated carbocycles. The molecule has 120 valence electrons. The molecule has 0 radical (unpaired) electrons. The van der Waals surface area contributed by atoms with Gasteiger partial charge in [0.1, 0.15) is 5.69 Å². The van der Waals surface area contributed by atoms with E-state index in [2.05, 4.69) is 15.1 Å². The highest BCUT2D eigenvalue weighted by atomic mass is 16.5. The Hall–Kier alpha value is -3.22. The molecule has 4 aromatic rings. The van der Waals surface area contributed by atoms with Gasteiger partial charge in [-0.25, -0.2) is 4.98 Å². The molecule has 0 atom stereocenters. The summed E-state index contributed by atoms with van der Waals surface area (Å²) in [6.07, 6.45) is 1.55. The van der Waals surface area contributed by atoms with Crippen LogP contribution in [0.4, 0.5) is 0 Å². The van der Waals surface area contributed by atoms with Crippen LogP contribution in [0, 0.1) is 6.92 Å². The molecule has 4 rings (SSSR count). The van der Waals surface area contributed by atoms with Gasteiger partial charge < -0.3 is 13.5 Å². The lowest BCUT2D eigenvalue weighted by atomic mass is 10.1. The molecule has 3 heterocycles. The van der Waals surface area contributed by atoms with Crippen LogP contribution >= 0.6 is 0 Å². The number of hydrogen-bond donors (Lipinski definition) is 0. The summed E-state index contributed by atoms with van der Waals surface area (Å²) < 4.78 is 12.2. The average Bonchev–Trinajstić information content (AvgIpc) is 3.27. The molecule has 0 spiro atoms. The molecule has 0 N–H and O–H groups in total. The molecule has 0 aliphatic rings. The van der Waals surface area contributed by atoms with Crippen LogP contribution < -0.4 is 5.56 Å². The van der Waals surface area contributed by atoms with Gasteiger partial charge in [0.05, 0.1) is 17.3 Å². The quantitative estimate of drug-likeness (QED) is 0.576. The zero-order valence-corrected chi connectivity index (χ0v) is 13.2. The van der Waals surface area contributed by atoms with E-state index in [1.54, 1.807) is 29.9 Å². The number of rotatable bonds is 3. The first kappa shape index (κ1) is 14.4. The first-order valence-electron chi connectivity index (χ1n) is 7.56. The van der Waals surface area contributed by atoms with E-state index in [1.807, 2.05) is 25.1 Å². The highest BCUT2D eigenvalue weighted by Gasteiger charge is 2.14. The number of benzene rings is 1. The first-order chi connectivity index (χ1) is 11.7. The maximum Gasteiger partial charge on any atom is 0.293 e. The fraction of sp³-hybridized carbons (Fsp3) is 0.176. The van der Waals surface area contributed by atoms with Gasteiger partial charge in [-0.15, -0.1) is 0 Å². The average molecular weight is 322 g/mol. The first-order valence-corrected chi connectivity index (χ1v) is 7.56. The Balaban J connectivity index is 1.84. The topological polar surface area (TPSA) is 87.0 Å². The third-order valence-corrected chi connectivity index (χ3v) is 3.84. The summed E-state index contributed by atoms with van der Waals surface area (Å²) in [5.41, 5.74) is 2.66. The summed E-state index contributed by atoms with van der Waals surface area (Å²) in [5.74, 6) is 1.28. The van der Waals surface area contributed by atoms with Crippen LogP contribution in [-0.4, -0.2) is 19.7 Å². The lowest BCUT2D eigenvalue weighted by Crippen LogP contribution is -2.23. The minimum absolute atomic E-state index is 0.0718. The van der Waals surface area contributed by atoms with Gasteiger partial charge in [-0.3, -0.25) is 4.79 Å². The predicted octanol–water partition coefficient (Wildman–Crippen LogP) is 3.03. The number of hydrogen-bond acceptors (Lipinski definition) is 6. The second-order valence-electron chi connectivity index (χ2n) is 5.35. The van der Waals surface area contributed by atoms with Gasteiger partial charge in [-0.05, 0) is 44.2 Å². The van der Waals surface area contributed by atoms with Crippen molar-refractivity contribution >= 4 is 11.0 Å². The summed E-state index contributed by atoms with van der Waals surface area (Å²) >= 11 is 0. The van der Waals surface area contributed by atoms with Gasteiger partial charge in [0.25, 0.3) is 11.4 Å². The smallest absolute Gasteiger partial charge is 0.293 e. The molecular formula is C17H14N4O3. The van der Waals surface area contributed by atoms with Crippen molar-refractivity contribution in [3.8, 4) is 23.0 Å². The third-order valence-electron chi connectivity index (χ3n) is 3.84. The van der Waals surface area contributed by atoms with Crippen molar-refractivity contribution in [3.05, 3.63) is 52.6 Å². The molecule has 0 aliphatic carbocycles. The molecule has 24 heavy (non-hydrogen) atoms. The molecule has 0 saturated heterocycles. The van der Waals surface area contributed by atoms with E-state index in [4.69, 9.17) is 8.94 Å². The standard InChI is InChI=1S/C17H14N4O3/c1-3-21-13-7-6-11(9-12(13)18-10(2)17(21)22)15-19-16(24-20-15)14-5-4-8-23-14/h4-9H,3H2,1-2H3. The minimum atomic E-state index is -0.0718. The lowest BCUT2D eigenvalue weighted by molar-refractivity contribution is 0.417. The van der Waals surface area contributed by atoms with E-state index in [1.165, 1.54) is 0 Å². The summed E-state index contributed by atoms with van der Waals surface area (Å²) in [7, 11) is 0. The number of aromatic nitrogens is 4. The monoisotopic (exact) mass is 322 g/mol. The van der Waals surface area contributed by atoms with Crippen LogP contribution in [0.2, 0.25) is 0 Å². The summed E-state index contributed by atoms with van der Waals surface area (Å²) in [5, 5.41) is 3.99. The number of fused-ring (bicyclic) bond motifs is 1. The van der Waals surface area contributed by atoms with Gasteiger partial charge >= 0.3 is 0 Å². The maximum atomic E-state index is 12.2. The zero-order valence-electron chi connectivity index (χ0n) is 13.2. The van der Waals surface area contributed by atoms with E-state index in [9.17, 15) is 4.79 Å². The van der Waals surface area contributed by atoms with E-state index in [0.717, 1.165) is 16.6 Å². The molecule has 0 unspecified atom stereocenters. The van der Waals surface area contributed by atoms with Crippen molar-refractivity contribution in [3.63, 3.8) is 0 Å². The predicted molar refractivity (Wildman–Crippen MR) is 87.4 cm³/mol. The van der Waals surface area contributed by atoms with Crippen molar-refractivity contribution in [1.82, 2.24) is 19.7 Å². The van der Waals surface area contributed by atoms with Crippen molar-refractivity contribution in [2.75, 3.05) is 0 Å². The van der Waals surface area contributed by atoms with Crippen LogP contribution in [0.5, 0.6) is 0 Å². The molecule has 0 aliphatic heterocycles. The number of nitrogens with zero attached hydrogens (tertiary/aromatic N) is 4. The maximum absolute atomic E-state index is 12.2. The zero-order chi connectivity index (χ0) is 16.7. The Morgan fingerprint density at radius 1 is 1.21 bits per heavy atom. The lowest BCUT2D eigenvalue weighted by Gasteiger charge is -2.09. The van der Waals surface area contributed by atoms with Gasteiger partial charge in [-0.2, -0.15) is 4.98 Å². The van der Waals surface area contributed by atoms with Crippen molar-refractivity contribution < 1.29 is 8.94 Å². The number of aryl methyl sites for hydroxylation is 2. The fourth-order valence-electron chi connectivity index (χ4n) is 2.67. The highest BCUT2D eigenvalue weighted by Crippen LogP contribution is 2.24. The summed E-state index contributed by atoms with van der Waals surface area (Å²) in [6.45, 7) is 4.23. The molecular weight excluding hydrogens is 308 g/mol. The molecule has 3 aromatic heterocycles. The van der Waals surface area contributed by atoms with E-state index < -0.39 is 0 Å². The summed E-state index contributed by atoms with van der Waals surface area (Å²) in [6, 6.07) is 9.06. The molecule has 7 nitrogen and oxygen atoms in total. The Bertz CT molecular complexity index is 1080. The Morgan fingerprint density at radius 2 is 2.08 bits per heavy atom. The van der Waals surface area contributed by atoms with E-state index >= 15 is 0 Å². The molecule has 1 aromatic carbocycles. The Morgan fingerprint density at radius 3 is 2.83 bits per heavy atom. The van der Waals surface area contributed by atoms with Crippen molar-refractivity contribution in [2.45, 2.75) is 20.4 Å². The Labute approximate surface area is 136 Å². The van der Waals surface area contributed by atoms with Crippen LogP contribution in [0.1, 0.15) is 12.6 Å². The molecule has 0 amide bonds.